The highest BCUT2D eigenvalue weighted by Gasteiger charge is 2.48. The van der Waals surface area contributed by atoms with Crippen LogP contribution in [-0.2, 0) is 21.1 Å². The molecule has 2 fully saturated rings. The molecule has 6 heteroatoms. The van der Waals surface area contributed by atoms with Crippen LogP contribution in [0.25, 0.3) is 0 Å². The third kappa shape index (κ3) is 2.07. The number of rotatable bonds is 0. The van der Waals surface area contributed by atoms with Gasteiger partial charge in [-0.1, -0.05) is 30.1 Å². The first kappa shape index (κ1) is 11.5. The smallest absolute Gasteiger partial charge is 0.139 e. The van der Waals surface area contributed by atoms with Gasteiger partial charge in [-0.3, -0.25) is 0 Å². The second kappa shape index (κ2) is 3.78. The van der Waals surface area contributed by atoms with E-state index in [2.05, 4.69) is 21.4 Å². The molecule has 0 amide bonds. The molecule has 1 unspecified atom stereocenters. The van der Waals surface area contributed by atoms with Crippen LogP contribution in [0, 0.1) is 5.92 Å². The van der Waals surface area contributed by atoms with E-state index in [1.54, 1.807) is 11.4 Å². The Morgan fingerprint density at radius 1 is 1.64 bits per heavy atom. The maximum atomic E-state index is 6.02. The lowest BCUT2D eigenvalue weighted by Gasteiger charge is -2.39. The van der Waals surface area contributed by atoms with E-state index in [-0.39, 0.29) is 5.60 Å². The first-order valence-corrected chi connectivity index (χ1v) is 9.74. The van der Waals surface area contributed by atoms with Crippen LogP contribution in [0.5, 0.6) is 0 Å². The predicted molar refractivity (Wildman–Crippen MR) is 68.5 cm³/mol. The summed E-state index contributed by atoms with van der Waals surface area (Å²) in [5.41, 5.74) is -1.58. The molecule has 0 bridgehead atoms. The standard InChI is InChI=1S/C8H16BO2PS2/c1-6-3-7(9)11-8(6)4-10-12(2,13)14-5-8/h6-7H,3-5,9H2,1-2H3/t6-,7-,8-,12?/m1/s1. The Balaban J connectivity index is 2.09. The molecule has 2 aliphatic heterocycles. The van der Waals surface area contributed by atoms with E-state index in [0.29, 0.717) is 18.5 Å². The van der Waals surface area contributed by atoms with Crippen LogP contribution in [0.2, 0.25) is 0 Å². The van der Waals surface area contributed by atoms with Crippen molar-refractivity contribution in [2.75, 3.05) is 19.0 Å². The van der Waals surface area contributed by atoms with Crippen molar-refractivity contribution in [3.8, 4) is 0 Å². The Bertz CT molecular complexity index is 275. The van der Waals surface area contributed by atoms with E-state index in [9.17, 15) is 0 Å². The van der Waals surface area contributed by atoms with Gasteiger partial charge < -0.3 is 9.26 Å². The van der Waals surface area contributed by atoms with Gasteiger partial charge in [0.25, 0.3) is 0 Å². The van der Waals surface area contributed by atoms with Gasteiger partial charge in [-0.2, -0.15) is 0 Å². The summed E-state index contributed by atoms with van der Waals surface area (Å²) in [6, 6.07) is 0.377. The van der Waals surface area contributed by atoms with Gasteiger partial charge in [0.05, 0.1) is 6.61 Å². The van der Waals surface area contributed by atoms with Crippen molar-refractivity contribution in [2.45, 2.75) is 24.9 Å². The molecule has 2 heterocycles. The average molecular weight is 250 g/mol. The van der Waals surface area contributed by atoms with Gasteiger partial charge in [0.1, 0.15) is 18.9 Å². The van der Waals surface area contributed by atoms with Gasteiger partial charge in [-0.05, 0) is 19.0 Å². The quantitative estimate of drug-likeness (QED) is 0.478. The molecule has 0 aromatic rings. The minimum atomic E-state index is -1.54. The Kier molecular flexibility index (Phi) is 3.09. The van der Waals surface area contributed by atoms with Gasteiger partial charge in [0.15, 0.2) is 0 Å². The predicted octanol–water partition coefficient (Wildman–Crippen LogP) is 1.44. The SMILES string of the molecule is B[C@H]1C[C@@H](C)[C@]2(COP(C)(=S)SC2)O1. The highest BCUT2D eigenvalue weighted by Crippen LogP contribution is 2.62. The Morgan fingerprint density at radius 3 is 2.79 bits per heavy atom. The van der Waals surface area contributed by atoms with Crippen molar-refractivity contribution in [1.82, 2.24) is 0 Å². The van der Waals surface area contributed by atoms with Crippen molar-refractivity contribution in [3.63, 3.8) is 0 Å². The lowest BCUT2D eigenvalue weighted by molar-refractivity contribution is -0.0426. The van der Waals surface area contributed by atoms with Crippen LogP contribution >= 0.6 is 16.8 Å². The zero-order chi connectivity index (χ0) is 10.4. The zero-order valence-corrected chi connectivity index (χ0v) is 11.4. The van der Waals surface area contributed by atoms with Gasteiger partial charge >= 0.3 is 0 Å². The fourth-order valence-electron chi connectivity index (χ4n) is 2.16. The Morgan fingerprint density at radius 2 is 2.36 bits per heavy atom. The summed E-state index contributed by atoms with van der Waals surface area (Å²) in [7, 11) is 2.15. The minimum Gasteiger partial charge on any atom is -0.377 e. The van der Waals surface area contributed by atoms with Crippen molar-refractivity contribution in [2.24, 2.45) is 5.92 Å². The normalized spacial score (nSPS) is 53.9. The topological polar surface area (TPSA) is 18.5 Å². The average Bonchev–Trinajstić information content (AvgIpc) is 2.35. The highest BCUT2D eigenvalue weighted by atomic mass is 32.9. The van der Waals surface area contributed by atoms with Crippen LogP contribution in [0.4, 0.5) is 0 Å². The second-order valence-electron chi connectivity index (χ2n) is 4.45. The van der Waals surface area contributed by atoms with Crippen molar-refractivity contribution in [1.29, 1.82) is 0 Å². The first-order chi connectivity index (χ1) is 6.44. The molecule has 2 saturated heterocycles. The van der Waals surface area contributed by atoms with Crippen molar-refractivity contribution < 1.29 is 9.26 Å². The summed E-state index contributed by atoms with van der Waals surface area (Å²) in [6.45, 7) is 5.03. The molecule has 14 heavy (non-hydrogen) atoms. The van der Waals surface area contributed by atoms with Gasteiger partial charge in [-0.25, -0.2) is 0 Å². The molecular formula is C8H16BO2PS2. The first-order valence-electron chi connectivity index (χ1n) is 4.98. The fourth-order valence-corrected chi connectivity index (χ4v) is 5.95. The summed E-state index contributed by atoms with van der Waals surface area (Å²) in [5.74, 6) is 1.62. The number of ether oxygens (including phenoxy) is 1. The molecule has 0 aromatic heterocycles. The number of hydrogen-bond acceptors (Lipinski definition) is 4. The molecule has 0 aromatic carbocycles. The van der Waals surface area contributed by atoms with Crippen molar-refractivity contribution >= 4 is 36.5 Å². The molecule has 1 spiro atoms. The summed E-state index contributed by atoms with van der Waals surface area (Å²) in [6.07, 6.45) is 1.15. The van der Waals surface area contributed by atoms with Crippen LogP contribution in [0.15, 0.2) is 0 Å². The molecule has 0 N–H and O–H groups in total. The molecule has 0 aliphatic carbocycles. The summed E-state index contributed by atoms with van der Waals surface area (Å²) in [5, 5.41) is 0. The summed E-state index contributed by atoms with van der Waals surface area (Å²) >= 11 is 7.18. The third-order valence-corrected chi connectivity index (χ3v) is 8.17. The zero-order valence-electron chi connectivity index (χ0n) is 8.86. The van der Waals surface area contributed by atoms with E-state index >= 15 is 0 Å². The monoisotopic (exact) mass is 250 g/mol. The fraction of sp³-hybridized carbons (Fsp3) is 1.00. The molecule has 2 aliphatic rings. The molecule has 0 saturated carbocycles. The van der Waals surface area contributed by atoms with Gasteiger partial charge in [0.2, 0.25) is 0 Å². The number of hydrogen-bond donors (Lipinski definition) is 0. The van der Waals surface area contributed by atoms with Gasteiger partial charge in [0, 0.05) is 11.8 Å². The molecule has 2 nitrogen and oxygen atoms in total. The van der Waals surface area contributed by atoms with E-state index < -0.39 is 5.47 Å². The third-order valence-electron chi connectivity index (χ3n) is 3.11. The molecule has 80 valence electrons. The van der Waals surface area contributed by atoms with Crippen LogP contribution < -0.4 is 0 Å². The Hall–Kier alpha value is 0.985. The maximum Gasteiger partial charge on any atom is 0.139 e. The van der Waals surface area contributed by atoms with Crippen molar-refractivity contribution in [3.05, 3.63) is 0 Å². The van der Waals surface area contributed by atoms with E-state index in [1.807, 2.05) is 0 Å². The van der Waals surface area contributed by atoms with E-state index in [4.69, 9.17) is 21.1 Å². The van der Waals surface area contributed by atoms with E-state index in [0.717, 1.165) is 12.2 Å². The Labute approximate surface area is 95.7 Å². The minimum absolute atomic E-state index is 0.0393. The largest absolute Gasteiger partial charge is 0.377 e. The maximum absolute atomic E-state index is 6.02. The lowest BCUT2D eigenvalue weighted by Crippen LogP contribution is -2.44. The van der Waals surface area contributed by atoms with E-state index in [1.165, 1.54) is 0 Å². The molecule has 2 rings (SSSR count). The molecule has 0 radical (unpaired) electrons. The second-order valence-corrected chi connectivity index (χ2v) is 12.4. The molecule has 4 atom stereocenters. The van der Waals surface area contributed by atoms with Crippen LogP contribution in [-0.4, -0.2) is 38.5 Å². The van der Waals surface area contributed by atoms with Crippen LogP contribution in [0.3, 0.4) is 0 Å². The summed E-state index contributed by atoms with van der Waals surface area (Å²) < 4.78 is 11.8. The van der Waals surface area contributed by atoms with Gasteiger partial charge in [-0.15, -0.1) is 0 Å². The van der Waals surface area contributed by atoms with Crippen LogP contribution in [0.1, 0.15) is 13.3 Å². The summed E-state index contributed by atoms with van der Waals surface area (Å²) in [4.78, 5) is 0. The molecular weight excluding hydrogens is 234 g/mol. The lowest BCUT2D eigenvalue weighted by atomic mass is 9.87. The highest BCUT2D eigenvalue weighted by molar-refractivity contribution is 8.69.